The molecule has 0 spiro atoms. The maximum Gasteiger partial charge on any atom is 0.329 e. The molecule has 116 valence electrons. The third kappa shape index (κ3) is 14.4. The van der Waals surface area contributed by atoms with Crippen molar-refractivity contribution in [3.8, 4) is 0 Å². The fourth-order valence-corrected chi connectivity index (χ4v) is 1.06. The van der Waals surface area contributed by atoms with Crippen LogP contribution in [-0.2, 0) is 28.6 Å². The predicted molar refractivity (Wildman–Crippen MR) is 67.2 cm³/mol. The van der Waals surface area contributed by atoms with Crippen molar-refractivity contribution in [2.45, 2.75) is 0 Å². The van der Waals surface area contributed by atoms with Crippen molar-refractivity contribution in [3.63, 3.8) is 0 Å². The Morgan fingerprint density at radius 2 is 1.60 bits per heavy atom. The molecule has 0 fully saturated rings. The molecule has 0 atom stereocenters. The normalized spacial score (nSPS) is 10.0. The van der Waals surface area contributed by atoms with E-state index < -0.39 is 18.5 Å². The SMILES string of the molecule is O=CNCCOCCOCCNC(=O)COCC(=O)O. The van der Waals surface area contributed by atoms with Crippen LogP contribution in [0.25, 0.3) is 0 Å². The number of rotatable bonds is 14. The standard InChI is InChI=1S/C11H20N2O7/c14-9-12-1-3-18-5-6-19-4-2-13-10(15)7-20-8-11(16)17/h9H,1-8H2,(H,12,14)(H,13,15)(H,16,17). The molecule has 0 heterocycles. The van der Waals surface area contributed by atoms with Gasteiger partial charge < -0.3 is 30.0 Å². The van der Waals surface area contributed by atoms with Gasteiger partial charge in [0.25, 0.3) is 0 Å². The number of nitrogens with one attached hydrogen (secondary N) is 2. The molecule has 0 aromatic carbocycles. The van der Waals surface area contributed by atoms with Crippen LogP contribution < -0.4 is 10.6 Å². The molecule has 0 rings (SSSR count). The highest BCUT2D eigenvalue weighted by atomic mass is 16.5. The Morgan fingerprint density at radius 3 is 2.20 bits per heavy atom. The minimum atomic E-state index is -1.12. The van der Waals surface area contributed by atoms with Crippen LogP contribution in [0.1, 0.15) is 0 Å². The fraction of sp³-hybridized carbons (Fsp3) is 0.727. The Kier molecular flexibility index (Phi) is 12.5. The maximum absolute atomic E-state index is 11.1. The highest BCUT2D eigenvalue weighted by molar-refractivity contribution is 5.77. The van der Waals surface area contributed by atoms with E-state index in [9.17, 15) is 14.4 Å². The van der Waals surface area contributed by atoms with Crippen LogP contribution in [0.15, 0.2) is 0 Å². The summed E-state index contributed by atoms with van der Waals surface area (Å²) >= 11 is 0. The Bertz CT molecular complexity index is 286. The molecule has 0 aliphatic heterocycles. The second-order valence-electron chi connectivity index (χ2n) is 3.53. The Balaban J connectivity index is 3.17. The molecule has 20 heavy (non-hydrogen) atoms. The summed E-state index contributed by atoms with van der Waals surface area (Å²) in [5.74, 6) is -1.52. The van der Waals surface area contributed by atoms with Crippen LogP contribution in [0.5, 0.6) is 0 Å². The number of hydrogen-bond acceptors (Lipinski definition) is 6. The van der Waals surface area contributed by atoms with Gasteiger partial charge >= 0.3 is 5.97 Å². The number of carbonyl (C=O) groups is 3. The lowest BCUT2D eigenvalue weighted by Gasteiger charge is -2.07. The Morgan fingerprint density at radius 1 is 0.950 bits per heavy atom. The molecule has 0 aromatic heterocycles. The Hall–Kier alpha value is -1.71. The Labute approximate surface area is 116 Å². The molecule has 9 nitrogen and oxygen atoms in total. The van der Waals surface area contributed by atoms with Gasteiger partial charge in [0.05, 0.1) is 26.4 Å². The molecular weight excluding hydrogens is 272 g/mol. The molecule has 2 amide bonds. The number of carbonyl (C=O) groups excluding carboxylic acids is 2. The van der Waals surface area contributed by atoms with Gasteiger partial charge in [-0.1, -0.05) is 0 Å². The number of carboxylic acids is 1. The van der Waals surface area contributed by atoms with Crippen molar-refractivity contribution >= 4 is 18.3 Å². The fourth-order valence-electron chi connectivity index (χ4n) is 1.06. The highest BCUT2D eigenvalue weighted by Gasteiger charge is 2.02. The van der Waals surface area contributed by atoms with Crippen LogP contribution >= 0.6 is 0 Å². The van der Waals surface area contributed by atoms with Crippen molar-refractivity contribution in [1.29, 1.82) is 0 Å². The van der Waals surface area contributed by atoms with Crippen LogP contribution in [0.2, 0.25) is 0 Å². The quantitative estimate of drug-likeness (QED) is 0.249. The molecule has 0 bridgehead atoms. The van der Waals surface area contributed by atoms with Gasteiger partial charge in [-0.15, -0.1) is 0 Å². The summed E-state index contributed by atoms with van der Waals surface area (Å²) < 4.78 is 14.9. The number of hydrogen-bond donors (Lipinski definition) is 3. The summed E-state index contributed by atoms with van der Waals surface area (Å²) in [5.41, 5.74) is 0. The molecule has 0 saturated heterocycles. The van der Waals surface area contributed by atoms with Crippen LogP contribution in [0.4, 0.5) is 0 Å². The number of amides is 2. The van der Waals surface area contributed by atoms with E-state index in [2.05, 4.69) is 15.4 Å². The summed E-state index contributed by atoms with van der Waals surface area (Å²) in [6.07, 6.45) is 0.600. The molecule has 0 saturated carbocycles. The van der Waals surface area contributed by atoms with Crippen LogP contribution in [0, 0.1) is 0 Å². The van der Waals surface area contributed by atoms with E-state index in [0.717, 1.165) is 0 Å². The molecule has 9 heteroatoms. The lowest BCUT2D eigenvalue weighted by atomic mass is 10.6. The first-order valence-corrected chi connectivity index (χ1v) is 6.05. The molecule has 0 aromatic rings. The van der Waals surface area contributed by atoms with Gasteiger partial charge in [-0.3, -0.25) is 9.59 Å². The van der Waals surface area contributed by atoms with E-state index in [1.165, 1.54) is 0 Å². The second-order valence-corrected chi connectivity index (χ2v) is 3.53. The van der Waals surface area contributed by atoms with E-state index in [0.29, 0.717) is 45.9 Å². The molecule has 3 N–H and O–H groups in total. The summed E-state index contributed by atoms with van der Waals surface area (Å²) in [6, 6.07) is 0. The van der Waals surface area contributed by atoms with E-state index >= 15 is 0 Å². The van der Waals surface area contributed by atoms with Crippen molar-refractivity contribution in [3.05, 3.63) is 0 Å². The average Bonchev–Trinajstić information content (AvgIpc) is 2.40. The largest absolute Gasteiger partial charge is 0.480 e. The average molecular weight is 292 g/mol. The summed E-state index contributed by atoms with van der Waals surface area (Å²) in [5, 5.41) is 13.2. The van der Waals surface area contributed by atoms with Gasteiger partial charge in [0.2, 0.25) is 12.3 Å². The van der Waals surface area contributed by atoms with Crippen molar-refractivity contribution in [1.82, 2.24) is 10.6 Å². The molecular formula is C11H20N2O7. The molecule has 0 aliphatic carbocycles. The minimum Gasteiger partial charge on any atom is -0.480 e. The highest BCUT2D eigenvalue weighted by Crippen LogP contribution is 1.79. The zero-order valence-electron chi connectivity index (χ0n) is 11.1. The monoisotopic (exact) mass is 292 g/mol. The molecule has 0 radical (unpaired) electrons. The van der Waals surface area contributed by atoms with Gasteiger partial charge in [-0.2, -0.15) is 0 Å². The topological polar surface area (TPSA) is 123 Å². The number of ether oxygens (including phenoxy) is 3. The van der Waals surface area contributed by atoms with E-state index in [1.807, 2.05) is 0 Å². The van der Waals surface area contributed by atoms with Crippen LogP contribution in [-0.4, -0.2) is 76.1 Å². The third-order valence-corrected chi connectivity index (χ3v) is 1.87. The van der Waals surface area contributed by atoms with Crippen molar-refractivity contribution in [2.24, 2.45) is 0 Å². The van der Waals surface area contributed by atoms with E-state index in [4.69, 9.17) is 14.6 Å². The first-order valence-electron chi connectivity index (χ1n) is 6.05. The maximum atomic E-state index is 11.1. The number of aliphatic carboxylic acids is 1. The van der Waals surface area contributed by atoms with E-state index in [-0.39, 0.29) is 6.61 Å². The lowest BCUT2D eigenvalue weighted by Crippen LogP contribution is -2.31. The van der Waals surface area contributed by atoms with Crippen molar-refractivity contribution in [2.75, 3.05) is 52.7 Å². The second kappa shape index (κ2) is 13.7. The van der Waals surface area contributed by atoms with E-state index in [1.54, 1.807) is 0 Å². The van der Waals surface area contributed by atoms with Crippen molar-refractivity contribution < 1.29 is 33.7 Å². The lowest BCUT2D eigenvalue weighted by molar-refractivity contribution is -0.143. The van der Waals surface area contributed by atoms with Crippen LogP contribution in [0.3, 0.4) is 0 Å². The summed E-state index contributed by atoms with van der Waals surface area (Å²) in [4.78, 5) is 31.1. The van der Waals surface area contributed by atoms with Gasteiger partial charge in [-0.25, -0.2) is 4.79 Å². The van der Waals surface area contributed by atoms with Gasteiger partial charge in [0.1, 0.15) is 13.2 Å². The molecule has 0 unspecified atom stereocenters. The van der Waals surface area contributed by atoms with Gasteiger partial charge in [-0.05, 0) is 0 Å². The number of carboxylic acid groups (broad SMARTS) is 1. The third-order valence-electron chi connectivity index (χ3n) is 1.87. The van der Waals surface area contributed by atoms with Gasteiger partial charge in [0.15, 0.2) is 0 Å². The first kappa shape index (κ1) is 18.3. The zero-order chi connectivity index (χ0) is 15.1. The zero-order valence-corrected chi connectivity index (χ0v) is 11.1. The summed E-state index contributed by atoms with van der Waals surface area (Å²) in [7, 11) is 0. The minimum absolute atomic E-state index is 0.293. The predicted octanol–water partition coefficient (Wildman–Crippen LogP) is -2.02. The smallest absolute Gasteiger partial charge is 0.329 e. The molecule has 0 aliphatic rings. The first-order chi connectivity index (χ1) is 9.66. The van der Waals surface area contributed by atoms with Gasteiger partial charge in [0, 0.05) is 13.1 Å². The summed E-state index contributed by atoms with van der Waals surface area (Å²) in [6.45, 7) is 1.49.